The van der Waals surface area contributed by atoms with Gasteiger partial charge < -0.3 is 0 Å². The van der Waals surface area contributed by atoms with E-state index >= 15 is 0 Å². The predicted molar refractivity (Wildman–Crippen MR) is 82.6 cm³/mol. The van der Waals surface area contributed by atoms with E-state index in [-0.39, 0.29) is 0 Å². The molecule has 0 bridgehead atoms. The zero-order chi connectivity index (χ0) is 13.2. The van der Waals surface area contributed by atoms with Gasteiger partial charge in [0.05, 0.1) is 5.52 Å². The van der Waals surface area contributed by atoms with Crippen molar-refractivity contribution in [3.05, 3.63) is 53.7 Å². The van der Waals surface area contributed by atoms with E-state index < -0.39 is 0 Å². The van der Waals surface area contributed by atoms with Gasteiger partial charge in [-0.15, -0.1) is 0 Å². The minimum atomic E-state index is 1.08. The maximum Gasteiger partial charge on any atom is 0.0783 e. The third-order valence-corrected chi connectivity index (χ3v) is 3.77. The van der Waals surface area contributed by atoms with E-state index in [9.17, 15) is 0 Å². The number of hydrogen-bond donors (Lipinski definition) is 0. The van der Waals surface area contributed by atoms with Crippen LogP contribution in [0.5, 0.6) is 0 Å². The molecule has 0 fully saturated rings. The second-order valence-electron chi connectivity index (χ2n) is 5.21. The summed E-state index contributed by atoms with van der Waals surface area (Å²) in [5, 5.41) is 3.78. The fraction of sp³-hybridized carbons (Fsp3) is 0.278. The monoisotopic (exact) mass is 249 g/mol. The average Bonchev–Trinajstić information content (AvgIpc) is 2.45. The topological polar surface area (TPSA) is 12.9 Å². The summed E-state index contributed by atoms with van der Waals surface area (Å²) in [6.45, 7) is 4.40. The van der Waals surface area contributed by atoms with Gasteiger partial charge >= 0.3 is 0 Å². The molecule has 0 aliphatic carbocycles. The van der Waals surface area contributed by atoms with Crippen molar-refractivity contribution in [2.45, 2.75) is 33.1 Å². The first-order valence-electron chi connectivity index (χ1n) is 7.07. The molecule has 2 aromatic carbocycles. The molecule has 0 radical (unpaired) electrons. The molecule has 0 atom stereocenters. The molecule has 0 aliphatic rings. The maximum absolute atomic E-state index is 4.94. The largest absolute Gasteiger partial charge is 0.252 e. The van der Waals surface area contributed by atoms with Crippen LogP contribution in [-0.2, 0) is 6.42 Å². The van der Waals surface area contributed by atoms with Gasteiger partial charge in [-0.05, 0) is 36.8 Å². The number of pyridine rings is 1. The summed E-state index contributed by atoms with van der Waals surface area (Å²) in [4.78, 5) is 4.94. The van der Waals surface area contributed by atoms with Crippen molar-refractivity contribution in [2.24, 2.45) is 0 Å². The fourth-order valence-corrected chi connectivity index (χ4v) is 2.65. The van der Waals surface area contributed by atoms with E-state index in [1.54, 1.807) is 0 Å². The normalized spacial score (nSPS) is 11.3. The molecule has 1 aromatic heterocycles. The minimum Gasteiger partial charge on any atom is -0.252 e. The van der Waals surface area contributed by atoms with Gasteiger partial charge in [0.2, 0.25) is 0 Å². The third-order valence-electron chi connectivity index (χ3n) is 3.77. The first-order valence-corrected chi connectivity index (χ1v) is 7.07. The quantitative estimate of drug-likeness (QED) is 0.593. The molecular weight excluding hydrogens is 230 g/mol. The van der Waals surface area contributed by atoms with Gasteiger partial charge in [-0.2, -0.15) is 0 Å². The molecule has 0 saturated heterocycles. The first kappa shape index (κ1) is 12.2. The fourth-order valence-electron chi connectivity index (χ4n) is 2.65. The van der Waals surface area contributed by atoms with E-state index in [4.69, 9.17) is 4.98 Å². The highest BCUT2D eigenvalue weighted by Gasteiger charge is 2.06. The van der Waals surface area contributed by atoms with Crippen molar-refractivity contribution in [1.82, 2.24) is 4.98 Å². The number of benzene rings is 2. The molecule has 3 rings (SSSR count). The summed E-state index contributed by atoms with van der Waals surface area (Å²) >= 11 is 0. The van der Waals surface area contributed by atoms with Gasteiger partial charge in [-0.25, -0.2) is 0 Å². The Balaban J connectivity index is 2.25. The number of fused-ring (bicyclic) bond motifs is 3. The Hall–Kier alpha value is -1.89. The van der Waals surface area contributed by atoms with Crippen LogP contribution in [0.15, 0.2) is 42.5 Å². The molecule has 0 amide bonds. The molecule has 0 unspecified atom stereocenters. The number of rotatable bonds is 3. The van der Waals surface area contributed by atoms with Crippen molar-refractivity contribution in [1.29, 1.82) is 0 Å². The molecule has 0 saturated carbocycles. The summed E-state index contributed by atoms with van der Waals surface area (Å²) in [6.07, 6.45) is 3.51. The van der Waals surface area contributed by atoms with Gasteiger partial charge in [-0.1, -0.05) is 49.7 Å². The standard InChI is InChI=1S/C18H19N/c1-3-4-9-17-13(2)12-15-11-10-14-7-5-6-8-16(14)18(15)19-17/h5-8,10-12H,3-4,9H2,1-2H3. The van der Waals surface area contributed by atoms with Gasteiger partial charge in [0.1, 0.15) is 0 Å². The SMILES string of the molecule is CCCCc1nc2c(ccc3ccccc32)cc1C. The van der Waals surface area contributed by atoms with Crippen LogP contribution >= 0.6 is 0 Å². The highest BCUT2D eigenvalue weighted by molar-refractivity contribution is 6.05. The van der Waals surface area contributed by atoms with E-state index in [0.717, 1.165) is 11.9 Å². The van der Waals surface area contributed by atoms with Crippen LogP contribution < -0.4 is 0 Å². The summed E-state index contributed by atoms with van der Waals surface area (Å²) in [6, 6.07) is 15.1. The molecular formula is C18H19N. The number of nitrogens with zero attached hydrogens (tertiary/aromatic N) is 1. The molecule has 96 valence electrons. The van der Waals surface area contributed by atoms with Crippen molar-refractivity contribution in [2.75, 3.05) is 0 Å². The molecule has 1 heteroatoms. The molecule has 3 aromatic rings. The second kappa shape index (κ2) is 5.00. The number of aromatic nitrogens is 1. The van der Waals surface area contributed by atoms with E-state index in [0.29, 0.717) is 0 Å². The van der Waals surface area contributed by atoms with Crippen LogP contribution in [0.2, 0.25) is 0 Å². The Morgan fingerprint density at radius 1 is 1.00 bits per heavy atom. The zero-order valence-electron chi connectivity index (χ0n) is 11.6. The predicted octanol–water partition coefficient (Wildman–Crippen LogP) is 5.04. The van der Waals surface area contributed by atoms with Crippen LogP contribution in [0.3, 0.4) is 0 Å². The van der Waals surface area contributed by atoms with Gasteiger partial charge in [0.25, 0.3) is 0 Å². The van der Waals surface area contributed by atoms with Crippen molar-refractivity contribution < 1.29 is 0 Å². The lowest BCUT2D eigenvalue weighted by atomic mass is 10.0. The summed E-state index contributed by atoms with van der Waals surface area (Å²) in [7, 11) is 0. The van der Waals surface area contributed by atoms with E-state index in [1.807, 2.05) is 0 Å². The average molecular weight is 249 g/mol. The summed E-state index contributed by atoms with van der Waals surface area (Å²) < 4.78 is 0. The highest BCUT2D eigenvalue weighted by Crippen LogP contribution is 2.25. The number of aryl methyl sites for hydroxylation is 2. The van der Waals surface area contributed by atoms with E-state index in [1.165, 1.54) is 40.3 Å². The lowest BCUT2D eigenvalue weighted by Crippen LogP contribution is -1.95. The van der Waals surface area contributed by atoms with Crippen LogP contribution in [0.25, 0.3) is 21.7 Å². The van der Waals surface area contributed by atoms with Crippen molar-refractivity contribution in [3.8, 4) is 0 Å². The van der Waals surface area contributed by atoms with Crippen molar-refractivity contribution >= 4 is 21.7 Å². The third kappa shape index (κ3) is 2.21. The smallest absolute Gasteiger partial charge is 0.0783 e. The Labute approximate surface area is 114 Å². The van der Waals surface area contributed by atoms with Crippen LogP contribution in [0.4, 0.5) is 0 Å². The Bertz CT molecular complexity index is 728. The summed E-state index contributed by atoms with van der Waals surface area (Å²) in [5.74, 6) is 0. The number of hydrogen-bond acceptors (Lipinski definition) is 1. The van der Waals surface area contributed by atoms with Gasteiger partial charge in [0, 0.05) is 16.5 Å². The molecule has 19 heavy (non-hydrogen) atoms. The molecule has 1 heterocycles. The van der Waals surface area contributed by atoms with Crippen LogP contribution in [-0.4, -0.2) is 4.98 Å². The van der Waals surface area contributed by atoms with Crippen molar-refractivity contribution in [3.63, 3.8) is 0 Å². The maximum atomic E-state index is 4.94. The Morgan fingerprint density at radius 2 is 1.79 bits per heavy atom. The summed E-state index contributed by atoms with van der Waals surface area (Å²) in [5.41, 5.74) is 3.72. The molecule has 1 nitrogen and oxygen atoms in total. The lowest BCUT2D eigenvalue weighted by molar-refractivity contribution is 0.775. The Kier molecular flexibility index (Phi) is 3.20. The lowest BCUT2D eigenvalue weighted by Gasteiger charge is -2.09. The first-order chi connectivity index (χ1) is 9.29. The second-order valence-corrected chi connectivity index (χ2v) is 5.21. The molecule has 0 spiro atoms. The zero-order valence-corrected chi connectivity index (χ0v) is 11.6. The number of unbranched alkanes of at least 4 members (excludes halogenated alkanes) is 1. The highest BCUT2D eigenvalue weighted by atomic mass is 14.7. The van der Waals surface area contributed by atoms with Gasteiger partial charge in [0.15, 0.2) is 0 Å². The van der Waals surface area contributed by atoms with Gasteiger partial charge in [-0.3, -0.25) is 4.98 Å². The minimum absolute atomic E-state index is 1.08. The molecule has 0 aliphatic heterocycles. The van der Waals surface area contributed by atoms with E-state index in [2.05, 4.69) is 56.3 Å². The van der Waals surface area contributed by atoms with Crippen LogP contribution in [0, 0.1) is 6.92 Å². The van der Waals surface area contributed by atoms with Crippen LogP contribution in [0.1, 0.15) is 31.0 Å². The Morgan fingerprint density at radius 3 is 2.63 bits per heavy atom. The molecule has 0 N–H and O–H groups in total.